The second-order valence-corrected chi connectivity index (χ2v) is 4.81. The Morgan fingerprint density at radius 2 is 2.00 bits per heavy atom. The number of rotatable bonds is 4. The fourth-order valence-electron chi connectivity index (χ4n) is 2.20. The third-order valence-corrected chi connectivity index (χ3v) is 3.18. The van der Waals surface area contributed by atoms with E-state index in [2.05, 4.69) is 21.1 Å². The van der Waals surface area contributed by atoms with Crippen molar-refractivity contribution in [3.63, 3.8) is 0 Å². The second-order valence-electron chi connectivity index (χ2n) is 4.81. The fourth-order valence-corrected chi connectivity index (χ4v) is 2.20. The summed E-state index contributed by atoms with van der Waals surface area (Å²) in [6, 6.07) is 5.92. The van der Waals surface area contributed by atoms with Crippen LogP contribution in [0.2, 0.25) is 0 Å². The molecule has 0 atom stereocenters. The molecule has 0 unspecified atom stereocenters. The largest absolute Gasteiger partial charge is 0.469 e. The van der Waals surface area contributed by atoms with E-state index in [1.807, 2.05) is 26.0 Å². The van der Waals surface area contributed by atoms with Gasteiger partial charge in [0.1, 0.15) is 5.69 Å². The van der Waals surface area contributed by atoms with Crippen molar-refractivity contribution >= 4 is 22.8 Å². The molecular weight excluding hydrogens is 256 g/mol. The lowest BCUT2D eigenvalue weighted by molar-refractivity contribution is -0.140. The number of aryl methyl sites for hydroxylation is 2. The van der Waals surface area contributed by atoms with E-state index < -0.39 is 0 Å². The van der Waals surface area contributed by atoms with Crippen LogP contribution in [0.1, 0.15) is 28.0 Å². The Morgan fingerprint density at radius 1 is 1.25 bits per heavy atom. The number of amides is 1. The van der Waals surface area contributed by atoms with Crippen LogP contribution in [0.15, 0.2) is 18.2 Å². The summed E-state index contributed by atoms with van der Waals surface area (Å²) in [5.41, 5.74) is 3.72. The van der Waals surface area contributed by atoms with Gasteiger partial charge >= 0.3 is 5.97 Å². The van der Waals surface area contributed by atoms with E-state index >= 15 is 0 Å². The van der Waals surface area contributed by atoms with E-state index in [1.165, 1.54) is 7.11 Å². The van der Waals surface area contributed by atoms with E-state index in [0.717, 1.165) is 22.0 Å². The van der Waals surface area contributed by atoms with Crippen LogP contribution in [0.5, 0.6) is 0 Å². The number of methoxy groups -OCH3 is 1. The zero-order valence-corrected chi connectivity index (χ0v) is 11.9. The Kier molecular flexibility index (Phi) is 4.08. The number of esters is 1. The highest BCUT2D eigenvalue weighted by Gasteiger charge is 2.11. The summed E-state index contributed by atoms with van der Waals surface area (Å²) < 4.78 is 4.52. The SMILES string of the molecule is COC(=O)CCNC(=O)c1cc2c(C)cc(C)cc2[nH]1. The number of hydrogen-bond donors (Lipinski definition) is 2. The highest BCUT2D eigenvalue weighted by Crippen LogP contribution is 2.21. The average molecular weight is 274 g/mol. The van der Waals surface area contributed by atoms with Crippen LogP contribution in [0.4, 0.5) is 0 Å². The van der Waals surface area contributed by atoms with E-state index in [4.69, 9.17) is 0 Å². The first-order valence-corrected chi connectivity index (χ1v) is 6.46. The molecule has 106 valence electrons. The molecule has 0 saturated heterocycles. The summed E-state index contributed by atoms with van der Waals surface area (Å²) in [4.78, 5) is 26.1. The zero-order valence-electron chi connectivity index (χ0n) is 11.9. The lowest BCUT2D eigenvalue weighted by Gasteiger charge is -2.02. The molecule has 0 spiro atoms. The topological polar surface area (TPSA) is 71.2 Å². The number of aromatic amines is 1. The Morgan fingerprint density at radius 3 is 2.70 bits per heavy atom. The quantitative estimate of drug-likeness (QED) is 0.838. The number of fused-ring (bicyclic) bond motifs is 1. The monoisotopic (exact) mass is 274 g/mol. The molecule has 0 saturated carbocycles. The van der Waals surface area contributed by atoms with Gasteiger partial charge in [0.15, 0.2) is 0 Å². The molecule has 1 heterocycles. The summed E-state index contributed by atoms with van der Waals surface area (Å²) in [7, 11) is 1.33. The Labute approximate surface area is 117 Å². The van der Waals surface area contributed by atoms with Gasteiger partial charge in [0.2, 0.25) is 0 Å². The fraction of sp³-hybridized carbons (Fsp3) is 0.333. The summed E-state index contributed by atoms with van der Waals surface area (Å²) in [6.45, 7) is 4.30. The smallest absolute Gasteiger partial charge is 0.307 e. The number of nitrogens with one attached hydrogen (secondary N) is 2. The van der Waals surface area contributed by atoms with Gasteiger partial charge in [-0.2, -0.15) is 0 Å². The lowest BCUT2D eigenvalue weighted by Crippen LogP contribution is -2.26. The van der Waals surface area contributed by atoms with E-state index in [1.54, 1.807) is 0 Å². The van der Waals surface area contributed by atoms with Crippen molar-refractivity contribution in [3.05, 3.63) is 35.0 Å². The van der Waals surface area contributed by atoms with Gasteiger partial charge in [-0.3, -0.25) is 9.59 Å². The molecule has 5 heteroatoms. The van der Waals surface area contributed by atoms with Crippen LogP contribution in [0.3, 0.4) is 0 Å². The van der Waals surface area contributed by atoms with Gasteiger partial charge in [-0.15, -0.1) is 0 Å². The first-order chi connectivity index (χ1) is 9.51. The molecule has 2 N–H and O–H groups in total. The molecule has 5 nitrogen and oxygen atoms in total. The predicted octanol–water partition coefficient (Wildman–Crippen LogP) is 2.08. The number of carbonyl (C=O) groups excluding carboxylic acids is 2. The summed E-state index contributed by atoms with van der Waals surface area (Å²) in [5.74, 6) is -0.560. The number of hydrogen-bond acceptors (Lipinski definition) is 3. The van der Waals surface area contributed by atoms with Crippen LogP contribution in [0.25, 0.3) is 10.9 Å². The molecule has 1 aromatic heterocycles. The van der Waals surface area contributed by atoms with Crippen molar-refractivity contribution < 1.29 is 14.3 Å². The van der Waals surface area contributed by atoms with Crippen molar-refractivity contribution in [2.45, 2.75) is 20.3 Å². The Bertz CT molecular complexity index is 658. The average Bonchev–Trinajstić information content (AvgIpc) is 2.82. The van der Waals surface area contributed by atoms with Crippen molar-refractivity contribution in [1.29, 1.82) is 0 Å². The van der Waals surface area contributed by atoms with Gasteiger partial charge in [0, 0.05) is 17.4 Å². The first-order valence-electron chi connectivity index (χ1n) is 6.46. The third-order valence-electron chi connectivity index (χ3n) is 3.18. The number of carbonyl (C=O) groups is 2. The molecule has 0 aliphatic heterocycles. The van der Waals surface area contributed by atoms with E-state index in [0.29, 0.717) is 5.69 Å². The Balaban J connectivity index is 2.11. The molecule has 0 aliphatic carbocycles. The van der Waals surface area contributed by atoms with Crippen LogP contribution in [-0.2, 0) is 9.53 Å². The minimum atomic E-state index is -0.339. The predicted molar refractivity (Wildman–Crippen MR) is 76.7 cm³/mol. The standard InChI is InChI=1S/C15H18N2O3/c1-9-6-10(2)11-8-13(17-12(11)7-9)15(19)16-5-4-14(18)20-3/h6-8,17H,4-5H2,1-3H3,(H,16,19). The van der Waals surface area contributed by atoms with Crippen LogP contribution < -0.4 is 5.32 Å². The lowest BCUT2D eigenvalue weighted by atomic mass is 10.1. The number of ether oxygens (including phenoxy) is 1. The molecule has 2 rings (SSSR count). The highest BCUT2D eigenvalue weighted by molar-refractivity contribution is 5.99. The molecule has 20 heavy (non-hydrogen) atoms. The van der Waals surface area contributed by atoms with Crippen molar-refractivity contribution in [2.75, 3.05) is 13.7 Å². The minimum absolute atomic E-state index is 0.167. The van der Waals surface area contributed by atoms with Gasteiger partial charge in [-0.25, -0.2) is 0 Å². The van der Waals surface area contributed by atoms with Gasteiger partial charge < -0.3 is 15.0 Å². The highest BCUT2D eigenvalue weighted by atomic mass is 16.5. The van der Waals surface area contributed by atoms with E-state index in [-0.39, 0.29) is 24.8 Å². The number of H-pyrrole nitrogens is 1. The van der Waals surface area contributed by atoms with Crippen molar-refractivity contribution in [3.8, 4) is 0 Å². The number of benzene rings is 1. The van der Waals surface area contributed by atoms with Gasteiger partial charge in [0.05, 0.1) is 13.5 Å². The summed E-state index contributed by atoms with van der Waals surface area (Å²) in [6.07, 6.45) is 0.167. The van der Waals surface area contributed by atoms with Crippen LogP contribution in [0, 0.1) is 13.8 Å². The van der Waals surface area contributed by atoms with Gasteiger partial charge in [0.25, 0.3) is 5.91 Å². The third kappa shape index (κ3) is 2.99. The maximum Gasteiger partial charge on any atom is 0.307 e. The van der Waals surface area contributed by atoms with Gasteiger partial charge in [-0.1, -0.05) is 6.07 Å². The molecule has 1 amide bonds. The molecule has 1 aromatic carbocycles. The molecular formula is C15H18N2O3. The molecule has 2 aromatic rings. The second kappa shape index (κ2) is 5.77. The zero-order chi connectivity index (χ0) is 14.7. The minimum Gasteiger partial charge on any atom is -0.469 e. The maximum absolute atomic E-state index is 12.0. The molecule has 0 aliphatic rings. The Hall–Kier alpha value is -2.30. The first kappa shape index (κ1) is 14.1. The van der Waals surface area contributed by atoms with E-state index in [9.17, 15) is 9.59 Å². The molecule has 0 radical (unpaired) electrons. The summed E-state index contributed by atoms with van der Waals surface area (Å²) >= 11 is 0. The summed E-state index contributed by atoms with van der Waals surface area (Å²) in [5, 5.41) is 3.72. The number of aromatic nitrogens is 1. The molecule has 0 fully saturated rings. The van der Waals surface area contributed by atoms with Crippen LogP contribution in [-0.4, -0.2) is 30.5 Å². The van der Waals surface area contributed by atoms with Gasteiger partial charge in [-0.05, 0) is 37.1 Å². The van der Waals surface area contributed by atoms with Crippen LogP contribution >= 0.6 is 0 Å². The van der Waals surface area contributed by atoms with Crippen molar-refractivity contribution in [2.24, 2.45) is 0 Å². The van der Waals surface area contributed by atoms with Crippen molar-refractivity contribution in [1.82, 2.24) is 10.3 Å². The maximum atomic E-state index is 12.0. The normalized spacial score (nSPS) is 10.6. The molecule has 0 bridgehead atoms.